The fourth-order valence-electron chi connectivity index (χ4n) is 2.02. The van der Waals surface area contributed by atoms with Crippen LogP contribution in [0.5, 0.6) is 5.75 Å². The molecular formula is C16H15ClFNO2. The summed E-state index contributed by atoms with van der Waals surface area (Å²) >= 11 is 5.98. The maximum Gasteiger partial charge on any atom is 0.198 e. The Kier molecular flexibility index (Phi) is 4.48. The predicted molar refractivity (Wildman–Crippen MR) is 81.6 cm³/mol. The Hall–Kier alpha value is -2.07. The van der Waals surface area contributed by atoms with Crippen LogP contribution >= 0.6 is 11.6 Å². The number of anilines is 1. The quantitative estimate of drug-likeness (QED) is 0.686. The SMILES string of the molecule is CCOc1c(N)cccc1C(=O)c1cc(C)c(F)cc1Cl. The summed E-state index contributed by atoms with van der Waals surface area (Å²) in [4.78, 5) is 12.6. The van der Waals surface area contributed by atoms with Crippen molar-refractivity contribution in [1.82, 2.24) is 0 Å². The van der Waals surface area contributed by atoms with Crippen molar-refractivity contribution in [1.29, 1.82) is 0 Å². The molecule has 0 radical (unpaired) electrons. The minimum Gasteiger partial charge on any atom is -0.491 e. The first-order valence-corrected chi connectivity index (χ1v) is 6.85. The van der Waals surface area contributed by atoms with Crippen LogP contribution in [0.2, 0.25) is 5.02 Å². The van der Waals surface area contributed by atoms with E-state index < -0.39 is 5.82 Å². The Labute approximate surface area is 127 Å². The lowest BCUT2D eigenvalue weighted by molar-refractivity contribution is 0.103. The van der Waals surface area contributed by atoms with Gasteiger partial charge in [0.25, 0.3) is 0 Å². The number of rotatable bonds is 4. The Morgan fingerprint density at radius 2 is 2.05 bits per heavy atom. The Balaban J connectivity index is 2.55. The van der Waals surface area contributed by atoms with Crippen LogP contribution in [-0.4, -0.2) is 12.4 Å². The molecule has 0 amide bonds. The van der Waals surface area contributed by atoms with Crippen LogP contribution in [0, 0.1) is 12.7 Å². The molecule has 0 aliphatic rings. The summed E-state index contributed by atoms with van der Waals surface area (Å²) < 4.78 is 18.9. The normalized spacial score (nSPS) is 10.5. The molecule has 5 heteroatoms. The van der Waals surface area contributed by atoms with Crippen molar-refractivity contribution >= 4 is 23.1 Å². The highest BCUT2D eigenvalue weighted by atomic mass is 35.5. The molecule has 0 bridgehead atoms. The summed E-state index contributed by atoms with van der Waals surface area (Å²) in [7, 11) is 0. The van der Waals surface area contributed by atoms with Gasteiger partial charge in [-0.05, 0) is 43.7 Å². The van der Waals surface area contributed by atoms with Gasteiger partial charge >= 0.3 is 0 Å². The van der Waals surface area contributed by atoms with E-state index in [-0.39, 0.29) is 16.4 Å². The van der Waals surface area contributed by atoms with Crippen molar-refractivity contribution in [3.05, 3.63) is 57.9 Å². The van der Waals surface area contributed by atoms with Crippen molar-refractivity contribution in [3.8, 4) is 5.75 Å². The summed E-state index contributed by atoms with van der Waals surface area (Å²) in [5, 5.41) is 0.0629. The average Bonchev–Trinajstić information content (AvgIpc) is 2.44. The van der Waals surface area contributed by atoms with Crippen molar-refractivity contribution in [2.75, 3.05) is 12.3 Å². The molecule has 2 aromatic carbocycles. The molecule has 0 saturated heterocycles. The van der Waals surface area contributed by atoms with Gasteiger partial charge in [0.1, 0.15) is 5.82 Å². The van der Waals surface area contributed by atoms with E-state index in [1.54, 1.807) is 32.0 Å². The van der Waals surface area contributed by atoms with E-state index in [9.17, 15) is 9.18 Å². The van der Waals surface area contributed by atoms with Crippen molar-refractivity contribution in [3.63, 3.8) is 0 Å². The second-order valence-electron chi connectivity index (χ2n) is 4.57. The predicted octanol–water partition coefficient (Wildman–Crippen LogP) is 4.00. The third-order valence-electron chi connectivity index (χ3n) is 3.07. The van der Waals surface area contributed by atoms with Gasteiger partial charge in [-0.1, -0.05) is 17.7 Å². The summed E-state index contributed by atoms with van der Waals surface area (Å²) in [5.74, 6) is -0.476. The first kappa shape index (κ1) is 15.3. The van der Waals surface area contributed by atoms with Crippen LogP contribution in [0.3, 0.4) is 0 Å². The number of nitrogen functional groups attached to an aromatic ring is 1. The fraction of sp³-hybridized carbons (Fsp3) is 0.188. The number of halogens is 2. The van der Waals surface area contributed by atoms with E-state index in [2.05, 4.69) is 0 Å². The van der Waals surface area contributed by atoms with Gasteiger partial charge in [-0.2, -0.15) is 0 Å². The van der Waals surface area contributed by atoms with E-state index in [1.807, 2.05) is 0 Å². The summed E-state index contributed by atoms with van der Waals surface area (Å²) in [6, 6.07) is 7.49. The molecule has 0 spiro atoms. The third kappa shape index (κ3) is 3.00. The molecule has 21 heavy (non-hydrogen) atoms. The van der Waals surface area contributed by atoms with Crippen LogP contribution in [0.25, 0.3) is 0 Å². The first-order chi connectivity index (χ1) is 9.95. The summed E-state index contributed by atoms with van der Waals surface area (Å²) in [6.07, 6.45) is 0. The highest BCUT2D eigenvalue weighted by Gasteiger charge is 2.20. The standard InChI is InChI=1S/C16H15ClFNO2/c1-3-21-16-10(5-4-6-14(16)19)15(20)11-7-9(2)13(18)8-12(11)17/h4-8H,3,19H2,1-2H3. The van der Waals surface area contributed by atoms with Gasteiger partial charge in [-0.25, -0.2) is 4.39 Å². The molecule has 0 saturated carbocycles. The molecule has 3 nitrogen and oxygen atoms in total. The van der Waals surface area contributed by atoms with Crippen LogP contribution in [0.4, 0.5) is 10.1 Å². The molecule has 0 aromatic heterocycles. The second kappa shape index (κ2) is 6.14. The minimum absolute atomic E-state index is 0.0629. The molecule has 110 valence electrons. The molecule has 0 unspecified atom stereocenters. The number of ketones is 1. The van der Waals surface area contributed by atoms with Crippen molar-refractivity contribution < 1.29 is 13.9 Å². The van der Waals surface area contributed by atoms with Crippen molar-refractivity contribution in [2.24, 2.45) is 0 Å². The number of nitrogens with two attached hydrogens (primary N) is 1. The van der Waals surface area contributed by atoms with Crippen LogP contribution in [0.1, 0.15) is 28.4 Å². The molecule has 2 aromatic rings. The van der Waals surface area contributed by atoms with Gasteiger partial charge in [0.05, 0.1) is 22.9 Å². The number of hydrogen-bond acceptors (Lipinski definition) is 3. The molecule has 0 aliphatic carbocycles. The Morgan fingerprint density at radius 3 is 2.71 bits per heavy atom. The molecule has 2 N–H and O–H groups in total. The number of hydrogen-bond donors (Lipinski definition) is 1. The lowest BCUT2D eigenvalue weighted by Crippen LogP contribution is -2.08. The Morgan fingerprint density at radius 1 is 1.33 bits per heavy atom. The van der Waals surface area contributed by atoms with E-state index >= 15 is 0 Å². The van der Waals surface area contributed by atoms with E-state index in [0.717, 1.165) is 6.07 Å². The second-order valence-corrected chi connectivity index (χ2v) is 4.97. The van der Waals surface area contributed by atoms with Crippen LogP contribution in [-0.2, 0) is 0 Å². The highest BCUT2D eigenvalue weighted by molar-refractivity contribution is 6.35. The number of para-hydroxylation sites is 1. The minimum atomic E-state index is -0.450. The molecular weight excluding hydrogens is 293 g/mol. The number of ether oxygens (including phenoxy) is 1. The topological polar surface area (TPSA) is 52.3 Å². The fourth-order valence-corrected chi connectivity index (χ4v) is 2.25. The maximum atomic E-state index is 13.4. The van der Waals surface area contributed by atoms with Gasteiger partial charge in [0, 0.05) is 5.56 Å². The number of carbonyl (C=O) groups excluding carboxylic acids is 1. The maximum absolute atomic E-state index is 13.4. The highest BCUT2D eigenvalue weighted by Crippen LogP contribution is 2.31. The number of benzene rings is 2. The van der Waals surface area contributed by atoms with Crippen LogP contribution < -0.4 is 10.5 Å². The number of carbonyl (C=O) groups is 1. The van der Waals surface area contributed by atoms with Gasteiger partial charge < -0.3 is 10.5 Å². The summed E-state index contributed by atoms with van der Waals surface area (Å²) in [5.41, 5.74) is 7.10. The van der Waals surface area contributed by atoms with E-state index in [0.29, 0.717) is 29.2 Å². The summed E-state index contributed by atoms with van der Waals surface area (Å²) in [6.45, 7) is 3.76. The zero-order valence-electron chi connectivity index (χ0n) is 11.7. The average molecular weight is 308 g/mol. The molecule has 0 heterocycles. The lowest BCUT2D eigenvalue weighted by Gasteiger charge is -2.13. The van der Waals surface area contributed by atoms with Crippen molar-refractivity contribution in [2.45, 2.75) is 13.8 Å². The van der Waals surface area contributed by atoms with Gasteiger partial charge in [0.2, 0.25) is 0 Å². The monoisotopic (exact) mass is 307 g/mol. The number of aryl methyl sites for hydroxylation is 1. The lowest BCUT2D eigenvalue weighted by atomic mass is 10.00. The molecule has 2 rings (SSSR count). The van der Waals surface area contributed by atoms with Gasteiger partial charge in [-0.3, -0.25) is 4.79 Å². The van der Waals surface area contributed by atoms with Gasteiger partial charge in [0.15, 0.2) is 11.5 Å². The zero-order valence-corrected chi connectivity index (χ0v) is 12.5. The van der Waals surface area contributed by atoms with E-state index in [4.69, 9.17) is 22.1 Å². The third-order valence-corrected chi connectivity index (χ3v) is 3.38. The molecule has 0 fully saturated rings. The van der Waals surface area contributed by atoms with Gasteiger partial charge in [-0.15, -0.1) is 0 Å². The van der Waals surface area contributed by atoms with Crippen LogP contribution in [0.15, 0.2) is 30.3 Å². The Bertz CT molecular complexity index is 701. The smallest absolute Gasteiger partial charge is 0.198 e. The zero-order chi connectivity index (χ0) is 15.6. The largest absolute Gasteiger partial charge is 0.491 e. The first-order valence-electron chi connectivity index (χ1n) is 6.47. The molecule has 0 aliphatic heterocycles. The van der Waals surface area contributed by atoms with E-state index in [1.165, 1.54) is 6.07 Å². The molecule has 0 atom stereocenters.